The molecule has 21 heavy (non-hydrogen) atoms. The third-order valence-electron chi connectivity index (χ3n) is 3.15. The van der Waals surface area contributed by atoms with Gasteiger partial charge in [0.1, 0.15) is 12.4 Å². The first-order valence-electron chi connectivity index (χ1n) is 6.89. The van der Waals surface area contributed by atoms with Crippen LogP contribution in [-0.4, -0.2) is 11.1 Å². The fourth-order valence-electron chi connectivity index (χ4n) is 1.94. The molecule has 0 unspecified atom stereocenters. The minimum Gasteiger partial charge on any atom is -0.488 e. The average Bonchev–Trinajstić information content (AvgIpc) is 2.52. The van der Waals surface area contributed by atoms with Crippen molar-refractivity contribution in [2.45, 2.75) is 20.0 Å². The van der Waals surface area contributed by atoms with Crippen LogP contribution in [0.4, 0.5) is 0 Å². The van der Waals surface area contributed by atoms with Crippen molar-refractivity contribution < 1.29 is 14.6 Å². The van der Waals surface area contributed by atoms with Crippen molar-refractivity contribution in [2.75, 3.05) is 0 Å². The van der Waals surface area contributed by atoms with Gasteiger partial charge in [-0.2, -0.15) is 0 Å². The summed E-state index contributed by atoms with van der Waals surface area (Å²) < 4.78 is 5.78. The molecule has 0 radical (unpaired) electrons. The van der Waals surface area contributed by atoms with E-state index >= 15 is 0 Å². The van der Waals surface area contributed by atoms with E-state index in [2.05, 4.69) is 31.2 Å². The molecule has 0 aliphatic heterocycles. The lowest BCUT2D eigenvalue weighted by Gasteiger charge is -2.09. The third kappa shape index (κ3) is 4.49. The van der Waals surface area contributed by atoms with Crippen molar-refractivity contribution in [1.29, 1.82) is 0 Å². The van der Waals surface area contributed by atoms with Crippen LogP contribution in [0.15, 0.2) is 54.6 Å². The number of rotatable bonds is 6. The highest BCUT2D eigenvalue weighted by Gasteiger charge is 2.01. The Morgan fingerprint density at radius 2 is 1.76 bits per heavy atom. The molecular formula is C18H18O3. The second kappa shape index (κ2) is 7.29. The Labute approximate surface area is 124 Å². The van der Waals surface area contributed by atoms with Gasteiger partial charge >= 0.3 is 5.97 Å². The highest BCUT2D eigenvalue weighted by atomic mass is 16.5. The molecule has 0 fully saturated rings. The number of hydrogen-bond donors (Lipinski definition) is 1. The van der Waals surface area contributed by atoms with Crippen LogP contribution in [0.5, 0.6) is 5.75 Å². The average molecular weight is 282 g/mol. The molecule has 2 rings (SSSR count). The first-order valence-corrected chi connectivity index (χ1v) is 6.89. The van der Waals surface area contributed by atoms with Crippen LogP contribution in [0.2, 0.25) is 0 Å². The molecule has 2 aromatic rings. The highest BCUT2D eigenvalue weighted by Crippen LogP contribution is 2.21. The number of aryl methyl sites for hydroxylation is 1. The van der Waals surface area contributed by atoms with E-state index in [0.717, 1.165) is 23.6 Å². The van der Waals surface area contributed by atoms with Crippen molar-refractivity contribution >= 4 is 12.0 Å². The minimum atomic E-state index is -0.972. The summed E-state index contributed by atoms with van der Waals surface area (Å²) in [6.45, 7) is 2.58. The summed E-state index contributed by atoms with van der Waals surface area (Å²) in [5.74, 6) is -0.297. The maximum Gasteiger partial charge on any atom is 0.328 e. The van der Waals surface area contributed by atoms with Gasteiger partial charge in [-0.1, -0.05) is 49.4 Å². The topological polar surface area (TPSA) is 46.5 Å². The quantitative estimate of drug-likeness (QED) is 0.817. The molecule has 0 saturated carbocycles. The molecule has 0 bridgehead atoms. The SMILES string of the molecule is CCc1ccc(COc2ccccc2C=CC(=O)O)cc1. The van der Waals surface area contributed by atoms with E-state index in [4.69, 9.17) is 9.84 Å². The molecule has 0 aromatic heterocycles. The van der Waals surface area contributed by atoms with Crippen LogP contribution >= 0.6 is 0 Å². The zero-order chi connectivity index (χ0) is 15.1. The smallest absolute Gasteiger partial charge is 0.328 e. The van der Waals surface area contributed by atoms with Crippen molar-refractivity contribution in [2.24, 2.45) is 0 Å². The third-order valence-corrected chi connectivity index (χ3v) is 3.15. The number of carboxylic acid groups (broad SMARTS) is 1. The van der Waals surface area contributed by atoms with E-state index in [-0.39, 0.29) is 0 Å². The van der Waals surface area contributed by atoms with E-state index in [1.807, 2.05) is 24.3 Å². The molecule has 1 N–H and O–H groups in total. The van der Waals surface area contributed by atoms with Gasteiger partial charge in [-0.25, -0.2) is 4.79 Å². The number of carbonyl (C=O) groups is 1. The molecular weight excluding hydrogens is 264 g/mol. The Bertz CT molecular complexity index is 627. The number of aliphatic carboxylic acids is 1. The van der Waals surface area contributed by atoms with Gasteiger partial charge in [0, 0.05) is 11.6 Å². The van der Waals surface area contributed by atoms with Crippen molar-refractivity contribution in [3.63, 3.8) is 0 Å². The van der Waals surface area contributed by atoms with Crippen molar-refractivity contribution in [1.82, 2.24) is 0 Å². The molecule has 2 aromatic carbocycles. The predicted octanol–water partition coefficient (Wildman–Crippen LogP) is 3.93. The van der Waals surface area contributed by atoms with Gasteiger partial charge in [-0.15, -0.1) is 0 Å². The molecule has 0 heterocycles. The fraction of sp³-hybridized carbons (Fsp3) is 0.167. The van der Waals surface area contributed by atoms with Gasteiger partial charge in [0.2, 0.25) is 0 Å². The van der Waals surface area contributed by atoms with Crippen LogP contribution in [0.1, 0.15) is 23.6 Å². The Balaban J connectivity index is 2.07. The summed E-state index contributed by atoms with van der Waals surface area (Å²) in [5, 5.41) is 8.70. The monoisotopic (exact) mass is 282 g/mol. The zero-order valence-corrected chi connectivity index (χ0v) is 12.0. The molecule has 0 saturated heterocycles. The van der Waals surface area contributed by atoms with Gasteiger partial charge in [0.05, 0.1) is 0 Å². The van der Waals surface area contributed by atoms with Crippen LogP contribution in [0.3, 0.4) is 0 Å². The lowest BCUT2D eigenvalue weighted by molar-refractivity contribution is -0.131. The van der Waals surface area contributed by atoms with Gasteiger partial charge < -0.3 is 9.84 Å². The van der Waals surface area contributed by atoms with E-state index in [0.29, 0.717) is 12.4 Å². The molecule has 0 atom stereocenters. The molecule has 0 aliphatic carbocycles. The summed E-state index contributed by atoms with van der Waals surface area (Å²) in [5.41, 5.74) is 3.14. The second-order valence-electron chi connectivity index (χ2n) is 4.67. The molecule has 3 heteroatoms. The van der Waals surface area contributed by atoms with Crippen molar-refractivity contribution in [3.8, 4) is 5.75 Å². The lowest BCUT2D eigenvalue weighted by atomic mass is 10.1. The number of para-hydroxylation sites is 1. The normalized spacial score (nSPS) is 10.7. The number of carboxylic acids is 1. The minimum absolute atomic E-state index is 0.460. The van der Waals surface area contributed by atoms with E-state index < -0.39 is 5.97 Å². The van der Waals surface area contributed by atoms with Gasteiger partial charge in [-0.05, 0) is 29.7 Å². The summed E-state index contributed by atoms with van der Waals surface area (Å²) in [7, 11) is 0. The van der Waals surface area contributed by atoms with Gasteiger partial charge in [-0.3, -0.25) is 0 Å². The molecule has 3 nitrogen and oxygen atoms in total. The Morgan fingerprint density at radius 3 is 2.43 bits per heavy atom. The number of ether oxygens (including phenoxy) is 1. The molecule has 0 spiro atoms. The first kappa shape index (κ1) is 14.9. The van der Waals surface area contributed by atoms with E-state index in [1.165, 1.54) is 11.6 Å². The van der Waals surface area contributed by atoms with Crippen LogP contribution < -0.4 is 4.74 Å². The van der Waals surface area contributed by atoms with Crippen LogP contribution in [-0.2, 0) is 17.8 Å². The van der Waals surface area contributed by atoms with Crippen LogP contribution in [0.25, 0.3) is 6.08 Å². The van der Waals surface area contributed by atoms with Gasteiger partial charge in [0.25, 0.3) is 0 Å². The fourth-order valence-corrected chi connectivity index (χ4v) is 1.94. The molecule has 108 valence electrons. The lowest BCUT2D eigenvalue weighted by Crippen LogP contribution is -1.97. The van der Waals surface area contributed by atoms with E-state index in [9.17, 15) is 4.79 Å². The van der Waals surface area contributed by atoms with Crippen LogP contribution in [0, 0.1) is 0 Å². The highest BCUT2D eigenvalue weighted by molar-refractivity contribution is 5.85. The summed E-state index contributed by atoms with van der Waals surface area (Å²) >= 11 is 0. The Kier molecular flexibility index (Phi) is 5.16. The largest absolute Gasteiger partial charge is 0.488 e. The number of hydrogen-bond acceptors (Lipinski definition) is 2. The Morgan fingerprint density at radius 1 is 1.10 bits per heavy atom. The predicted molar refractivity (Wildman–Crippen MR) is 83.3 cm³/mol. The molecule has 0 amide bonds. The van der Waals surface area contributed by atoms with Gasteiger partial charge in [0.15, 0.2) is 0 Å². The van der Waals surface area contributed by atoms with E-state index in [1.54, 1.807) is 0 Å². The second-order valence-corrected chi connectivity index (χ2v) is 4.67. The number of benzene rings is 2. The Hall–Kier alpha value is -2.55. The van der Waals surface area contributed by atoms with Crippen molar-refractivity contribution in [3.05, 3.63) is 71.3 Å². The first-order chi connectivity index (χ1) is 10.2. The maximum absolute atomic E-state index is 10.6. The molecule has 0 aliphatic rings. The summed E-state index contributed by atoms with van der Waals surface area (Å²) in [4.78, 5) is 10.6. The summed E-state index contributed by atoms with van der Waals surface area (Å²) in [6, 6.07) is 15.7. The standard InChI is InChI=1S/C18H18O3/c1-2-14-7-9-15(10-8-14)13-21-17-6-4-3-5-16(17)11-12-18(19)20/h3-12H,2,13H2,1H3,(H,19,20). The zero-order valence-electron chi connectivity index (χ0n) is 12.0. The summed E-state index contributed by atoms with van der Waals surface area (Å²) in [6.07, 6.45) is 3.67. The maximum atomic E-state index is 10.6.